The molecular formula is C12H26N2O4. The fourth-order valence-corrected chi connectivity index (χ4v) is 1.16. The maximum Gasteiger partial charge on any atom is 0.407 e. The number of aliphatic hydroxyl groups excluding tert-OH is 1. The third-order valence-electron chi connectivity index (χ3n) is 1.85. The van der Waals surface area contributed by atoms with E-state index in [4.69, 9.17) is 14.6 Å². The number of carbonyl (C=O) groups is 1. The molecule has 0 atom stereocenters. The molecule has 0 saturated heterocycles. The maximum atomic E-state index is 11.3. The van der Waals surface area contributed by atoms with Crippen LogP contribution in [0.2, 0.25) is 0 Å². The van der Waals surface area contributed by atoms with Crippen molar-refractivity contribution in [2.45, 2.75) is 32.8 Å². The number of alkyl carbamates (subject to hydrolysis) is 1. The molecule has 0 aromatic carbocycles. The molecule has 0 rings (SSSR count). The Morgan fingerprint density at radius 3 is 2.50 bits per heavy atom. The first-order valence-corrected chi connectivity index (χ1v) is 6.32. The lowest BCUT2D eigenvalue weighted by atomic mass is 10.2. The van der Waals surface area contributed by atoms with Crippen molar-refractivity contribution in [3.8, 4) is 0 Å². The molecular weight excluding hydrogens is 236 g/mol. The molecule has 0 aromatic rings. The van der Waals surface area contributed by atoms with Gasteiger partial charge < -0.3 is 25.2 Å². The Balaban J connectivity index is 3.23. The van der Waals surface area contributed by atoms with Gasteiger partial charge in [-0.15, -0.1) is 0 Å². The molecule has 0 fully saturated rings. The lowest BCUT2D eigenvalue weighted by molar-refractivity contribution is 0.0528. The first-order chi connectivity index (χ1) is 8.45. The van der Waals surface area contributed by atoms with Crippen molar-refractivity contribution in [2.24, 2.45) is 0 Å². The van der Waals surface area contributed by atoms with Crippen molar-refractivity contribution in [3.05, 3.63) is 0 Å². The minimum atomic E-state index is -0.457. The third kappa shape index (κ3) is 13.2. The van der Waals surface area contributed by atoms with Gasteiger partial charge in [-0.25, -0.2) is 4.79 Å². The molecule has 0 radical (unpaired) electrons. The molecule has 0 aliphatic heterocycles. The van der Waals surface area contributed by atoms with Crippen LogP contribution in [-0.2, 0) is 9.47 Å². The summed E-state index contributed by atoms with van der Waals surface area (Å²) in [5, 5.41) is 14.3. The van der Waals surface area contributed by atoms with E-state index in [1.165, 1.54) is 0 Å². The summed E-state index contributed by atoms with van der Waals surface area (Å²) in [5.41, 5.74) is -0.457. The SMILES string of the molecule is CC(C)(C)OC(=O)NCCNCCCOCCO. The quantitative estimate of drug-likeness (QED) is 0.527. The van der Waals surface area contributed by atoms with Crippen molar-refractivity contribution < 1.29 is 19.4 Å². The van der Waals surface area contributed by atoms with Crippen LogP contribution in [0.15, 0.2) is 0 Å². The highest BCUT2D eigenvalue weighted by molar-refractivity contribution is 5.67. The Bertz CT molecular complexity index is 217. The van der Waals surface area contributed by atoms with E-state index in [1.807, 2.05) is 20.8 Å². The molecule has 6 nitrogen and oxygen atoms in total. The summed E-state index contributed by atoms with van der Waals surface area (Å²) in [6.07, 6.45) is 0.488. The van der Waals surface area contributed by atoms with E-state index < -0.39 is 11.7 Å². The number of nitrogens with one attached hydrogen (secondary N) is 2. The second-order valence-corrected chi connectivity index (χ2v) is 4.87. The molecule has 0 aliphatic rings. The molecule has 0 heterocycles. The summed E-state index contributed by atoms with van der Waals surface area (Å²) in [5.74, 6) is 0. The van der Waals surface area contributed by atoms with Crippen LogP contribution >= 0.6 is 0 Å². The summed E-state index contributed by atoms with van der Waals surface area (Å²) < 4.78 is 10.2. The Labute approximate surface area is 109 Å². The van der Waals surface area contributed by atoms with Gasteiger partial charge in [0.05, 0.1) is 13.2 Å². The van der Waals surface area contributed by atoms with E-state index in [1.54, 1.807) is 0 Å². The lowest BCUT2D eigenvalue weighted by Crippen LogP contribution is -2.36. The molecule has 0 aliphatic carbocycles. The van der Waals surface area contributed by atoms with Crippen LogP contribution in [0.5, 0.6) is 0 Å². The monoisotopic (exact) mass is 262 g/mol. The molecule has 108 valence electrons. The summed E-state index contributed by atoms with van der Waals surface area (Å²) in [6, 6.07) is 0. The van der Waals surface area contributed by atoms with E-state index in [9.17, 15) is 4.79 Å². The van der Waals surface area contributed by atoms with Crippen LogP contribution < -0.4 is 10.6 Å². The van der Waals surface area contributed by atoms with Gasteiger partial charge in [-0.2, -0.15) is 0 Å². The number of amides is 1. The average Bonchev–Trinajstić information content (AvgIpc) is 2.24. The van der Waals surface area contributed by atoms with Crippen LogP contribution in [-0.4, -0.2) is 56.3 Å². The first kappa shape index (κ1) is 17.2. The average molecular weight is 262 g/mol. The zero-order valence-electron chi connectivity index (χ0n) is 11.6. The predicted molar refractivity (Wildman–Crippen MR) is 69.6 cm³/mol. The fourth-order valence-electron chi connectivity index (χ4n) is 1.16. The van der Waals surface area contributed by atoms with Gasteiger partial charge in [0, 0.05) is 19.7 Å². The highest BCUT2D eigenvalue weighted by Crippen LogP contribution is 2.05. The molecule has 0 saturated carbocycles. The van der Waals surface area contributed by atoms with E-state index >= 15 is 0 Å². The van der Waals surface area contributed by atoms with Gasteiger partial charge in [-0.1, -0.05) is 0 Å². The smallest absolute Gasteiger partial charge is 0.407 e. The molecule has 0 aromatic heterocycles. The summed E-state index contributed by atoms with van der Waals surface area (Å²) in [4.78, 5) is 11.3. The number of aliphatic hydroxyl groups is 1. The predicted octanol–water partition coefficient (Wildman–Crippen LogP) is 0.500. The van der Waals surface area contributed by atoms with E-state index in [2.05, 4.69) is 10.6 Å². The zero-order valence-corrected chi connectivity index (χ0v) is 11.6. The Morgan fingerprint density at radius 1 is 1.17 bits per heavy atom. The van der Waals surface area contributed by atoms with Gasteiger partial charge in [0.25, 0.3) is 0 Å². The number of carbonyl (C=O) groups excluding carboxylic acids is 1. The molecule has 0 unspecified atom stereocenters. The van der Waals surface area contributed by atoms with Gasteiger partial charge in [-0.05, 0) is 33.7 Å². The van der Waals surface area contributed by atoms with Gasteiger partial charge >= 0.3 is 6.09 Å². The standard InChI is InChI=1S/C12H26N2O4/c1-12(2,3)18-11(16)14-7-6-13-5-4-9-17-10-8-15/h13,15H,4-10H2,1-3H3,(H,14,16). The highest BCUT2D eigenvalue weighted by atomic mass is 16.6. The van der Waals surface area contributed by atoms with Gasteiger partial charge in [-0.3, -0.25) is 0 Å². The van der Waals surface area contributed by atoms with Crippen molar-refractivity contribution >= 4 is 6.09 Å². The van der Waals surface area contributed by atoms with E-state index in [-0.39, 0.29) is 6.61 Å². The third-order valence-corrected chi connectivity index (χ3v) is 1.85. The fraction of sp³-hybridized carbons (Fsp3) is 0.917. The highest BCUT2D eigenvalue weighted by Gasteiger charge is 2.15. The lowest BCUT2D eigenvalue weighted by Gasteiger charge is -2.19. The van der Waals surface area contributed by atoms with Crippen LogP contribution in [0, 0.1) is 0 Å². The van der Waals surface area contributed by atoms with Crippen LogP contribution in [0.4, 0.5) is 4.79 Å². The largest absolute Gasteiger partial charge is 0.444 e. The summed E-state index contributed by atoms with van der Waals surface area (Å²) >= 11 is 0. The van der Waals surface area contributed by atoms with Crippen molar-refractivity contribution in [3.63, 3.8) is 0 Å². The van der Waals surface area contributed by atoms with Crippen LogP contribution in [0.3, 0.4) is 0 Å². The van der Waals surface area contributed by atoms with Crippen molar-refractivity contribution in [1.82, 2.24) is 10.6 Å². The maximum absolute atomic E-state index is 11.3. The molecule has 3 N–H and O–H groups in total. The number of ether oxygens (including phenoxy) is 2. The normalized spacial score (nSPS) is 11.3. The van der Waals surface area contributed by atoms with Crippen molar-refractivity contribution in [2.75, 3.05) is 39.5 Å². The Morgan fingerprint density at radius 2 is 1.89 bits per heavy atom. The Hall–Kier alpha value is -0.850. The summed E-state index contributed by atoms with van der Waals surface area (Å²) in [7, 11) is 0. The molecule has 1 amide bonds. The number of hydrogen-bond donors (Lipinski definition) is 3. The van der Waals surface area contributed by atoms with Crippen LogP contribution in [0.25, 0.3) is 0 Å². The summed E-state index contributed by atoms with van der Waals surface area (Å²) in [6.45, 7) is 8.62. The molecule has 0 bridgehead atoms. The first-order valence-electron chi connectivity index (χ1n) is 6.32. The Kier molecular flexibility index (Phi) is 9.63. The minimum Gasteiger partial charge on any atom is -0.444 e. The molecule has 18 heavy (non-hydrogen) atoms. The second-order valence-electron chi connectivity index (χ2n) is 4.87. The molecule has 0 spiro atoms. The van der Waals surface area contributed by atoms with E-state index in [0.29, 0.717) is 26.3 Å². The second kappa shape index (κ2) is 10.1. The van der Waals surface area contributed by atoms with Crippen molar-refractivity contribution in [1.29, 1.82) is 0 Å². The van der Waals surface area contributed by atoms with Gasteiger partial charge in [0.2, 0.25) is 0 Å². The topological polar surface area (TPSA) is 79.8 Å². The molecule has 6 heteroatoms. The van der Waals surface area contributed by atoms with Gasteiger partial charge in [0.15, 0.2) is 0 Å². The zero-order chi connectivity index (χ0) is 13.9. The van der Waals surface area contributed by atoms with Crippen LogP contribution in [0.1, 0.15) is 27.2 Å². The minimum absolute atomic E-state index is 0.0627. The number of hydrogen-bond acceptors (Lipinski definition) is 5. The van der Waals surface area contributed by atoms with E-state index in [0.717, 1.165) is 13.0 Å². The van der Waals surface area contributed by atoms with Gasteiger partial charge in [0.1, 0.15) is 5.60 Å². The number of rotatable bonds is 9.